The molecule has 0 amide bonds. The van der Waals surface area contributed by atoms with Gasteiger partial charge in [0.15, 0.2) is 0 Å². The fourth-order valence-corrected chi connectivity index (χ4v) is 1.47. The molecule has 2 rings (SSSR count). The number of aliphatic hydroxyl groups excluding tert-OH is 1. The summed E-state index contributed by atoms with van der Waals surface area (Å²) in [5.74, 6) is -1.03. The van der Waals surface area contributed by atoms with Gasteiger partial charge in [0.1, 0.15) is 17.8 Å². The Balaban J connectivity index is 2.53. The number of halogens is 1. The van der Waals surface area contributed by atoms with Crippen LogP contribution in [0.15, 0.2) is 36.1 Å². The fourth-order valence-electron chi connectivity index (χ4n) is 1.30. The largest absolute Gasteiger partial charge is 0.507 e. The molecule has 1 aliphatic rings. The van der Waals surface area contributed by atoms with Gasteiger partial charge >= 0.3 is 5.97 Å². The van der Waals surface area contributed by atoms with Crippen LogP contribution in [0.2, 0.25) is 5.02 Å². The van der Waals surface area contributed by atoms with Gasteiger partial charge in [0.25, 0.3) is 0 Å². The number of carboxylic acid groups (broad SMARTS) is 1. The van der Waals surface area contributed by atoms with Crippen LogP contribution in [0.5, 0.6) is 5.75 Å². The minimum absolute atomic E-state index is 0.134. The molecule has 1 aromatic rings. The highest BCUT2D eigenvalue weighted by Gasteiger charge is 2.16. The van der Waals surface area contributed by atoms with Crippen LogP contribution >= 0.6 is 11.6 Å². The lowest BCUT2D eigenvalue weighted by molar-refractivity contribution is -0.132. The summed E-state index contributed by atoms with van der Waals surface area (Å²) in [5.41, 5.74) is 0.265. The maximum absolute atomic E-state index is 10.7. The van der Waals surface area contributed by atoms with Crippen molar-refractivity contribution in [3.05, 3.63) is 46.7 Å². The molecular weight excluding hydrogens is 232 g/mol. The topological polar surface area (TPSA) is 66.8 Å². The van der Waals surface area contributed by atoms with Gasteiger partial charge in [-0.05, 0) is 18.2 Å². The quantitative estimate of drug-likeness (QED) is 0.789. The average Bonchev–Trinajstić information content (AvgIpc) is 2.38. The lowest BCUT2D eigenvalue weighted by atomic mass is 10.1. The molecule has 0 saturated carbocycles. The highest BCUT2D eigenvalue weighted by Crippen LogP contribution is 2.31. The maximum Gasteiger partial charge on any atom is 0.338 e. The number of hydrogen-bond donors (Lipinski definition) is 2. The molecule has 0 atom stereocenters. The van der Waals surface area contributed by atoms with E-state index in [4.69, 9.17) is 21.4 Å². The zero-order valence-electron chi connectivity index (χ0n) is 7.98. The third-order valence-electron chi connectivity index (χ3n) is 2.07. The number of aliphatic hydroxyl groups is 1. The van der Waals surface area contributed by atoms with Crippen LogP contribution in [0.3, 0.4) is 0 Å². The first-order valence-corrected chi connectivity index (χ1v) is 4.76. The molecule has 1 aromatic carbocycles. The highest BCUT2D eigenvalue weighted by atomic mass is 35.5. The van der Waals surface area contributed by atoms with Gasteiger partial charge in [0, 0.05) is 11.1 Å². The van der Waals surface area contributed by atoms with Crippen molar-refractivity contribution in [2.45, 2.75) is 0 Å². The predicted molar refractivity (Wildman–Crippen MR) is 58.4 cm³/mol. The molecule has 16 heavy (non-hydrogen) atoms. The number of ether oxygens (including phenoxy) is 1. The summed E-state index contributed by atoms with van der Waals surface area (Å²) in [5, 5.41) is 18.9. The lowest BCUT2D eigenvalue weighted by Gasteiger charge is -2.05. The SMILES string of the molecule is O=C(O)C1=COc2cc(Cl)ccc2C(O)=C1. The summed E-state index contributed by atoms with van der Waals surface area (Å²) >= 11 is 5.76. The standard InChI is InChI=1S/C11H7ClO4/c12-7-1-2-8-9(13)3-6(11(14)15)5-16-10(8)4-7/h1-5,13H,(H,14,15). The van der Waals surface area contributed by atoms with Crippen LogP contribution in [0.1, 0.15) is 5.56 Å². The lowest BCUT2D eigenvalue weighted by Crippen LogP contribution is -1.98. The molecule has 0 aliphatic carbocycles. The number of carbonyl (C=O) groups is 1. The Hall–Kier alpha value is -1.94. The van der Waals surface area contributed by atoms with Crippen LogP contribution in [-0.2, 0) is 4.79 Å². The average molecular weight is 239 g/mol. The molecule has 0 fully saturated rings. The van der Waals surface area contributed by atoms with Gasteiger partial charge in [-0.3, -0.25) is 0 Å². The van der Waals surface area contributed by atoms with E-state index in [0.29, 0.717) is 16.3 Å². The Labute approximate surface area is 96.0 Å². The molecule has 4 nitrogen and oxygen atoms in total. The molecule has 82 valence electrons. The van der Waals surface area contributed by atoms with Gasteiger partial charge in [-0.2, -0.15) is 0 Å². The van der Waals surface area contributed by atoms with Crippen molar-refractivity contribution < 1.29 is 19.7 Å². The van der Waals surface area contributed by atoms with Crippen LogP contribution in [0.4, 0.5) is 0 Å². The zero-order chi connectivity index (χ0) is 11.7. The van der Waals surface area contributed by atoms with Gasteiger partial charge in [-0.1, -0.05) is 11.6 Å². The first-order chi connectivity index (χ1) is 7.58. The van der Waals surface area contributed by atoms with E-state index in [-0.39, 0.29) is 11.3 Å². The van der Waals surface area contributed by atoms with E-state index in [1.165, 1.54) is 6.07 Å². The van der Waals surface area contributed by atoms with Gasteiger partial charge in [0.2, 0.25) is 0 Å². The van der Waals surface area contributed by atoms with Crippen molar-refractivity contribution in [3.8, 4) is 5.75 Å². The van der Waals surface area contributed by atoms with Crippen LogP contribution in [0.25, 0.3) is 5.76 Å². The van der Waals surface area contributed by atoms with Gasteiger partial charge in [-0.25, -0.2) is 4.79 Å². The van der Waals surface area contributed by atoms with Crippen LogP contribution < -0.4 is 4.74 Å². The van der Waals surface area contributed by atoms with E-state index < -0.39 is 5.97 Å². The Kier molecular flexibility index (Phi) is 2.58. The first kappa shape index (κ1) is 10.6. The summed E-state index contributed by atoms with van der Waals surface area (Å²) < 4.78 is 5.13. The van der Waals surface area contributed by atoms with E-state index in [1.54, 1.807) is 12.1 Å². The van der Waals surface area contributed by atoms with Crippen molar-refractivity contribution in [2.24, 2.45) is 0 Å². The Morgan fingerprint density at radius 2 is 2.12 bits per heavy atom. The van der Waals surface area contributed by atoms with Gasteiger partial charge in [0.05, 0.1) is 11.1 Å². The van der Waals surface area contributed by atoms with Crippen molar-refractivity contribution in [1.29, 1.82) is 0 Å². The summed E-state index contributed by atoms with van der Waals surface area (Å²) in [6, 6.07) is 4.64. The molecule has 0 saturated heterocycles. The second kappa shape index (κ2) is 3.90. The second-order valence-corrected chi connectivity index (χ2v) is 3.60. The van der Waals surface area contributed by atoms with E-state index in [9.17, 15) is 9.90 Å². The smallest absolute Gasteiger partial charge is 0.338 e. The number of fused-ring (bicyclic) bond motifs is 1. The predicted octanol–water partition coefficient (Wildman–Crippen LogP) is 2.60. The Morgan fingerprint density at radius 3 is 2.81 bits per heavy atom. The van der Waals surface area contributed by atoms with Crippen molar-refractivity contribution in [2.75, 3.05) is 0 Å². The minimum Gasteiger partial charge on any atom is -0.507 e. The summed E-state index contributed by atoms with van der Waals surface area (Å²) in [4.78, 5) is 10.7. The van der Waals surface area contributed by atoms with E-state index in [2.05, 4.69) is 0 Å². The maximum atomic E-state index is 10.7. The number of aliphatic carboxylic acids is 1. The first-order valence-electron chi connectivity index (χ1n) is 4.38. The fraction of sp³-hybridized carbons (Fsp3) is 0. The second-order valence-electron chi connectivity index (χ2n) is 3.17. The number of rotatable bonds is 1. The third-order valence-corrected chi connectivity index (χ3v) is 2.31. The monoisotopic (exact) mass is 238 g/mol. The molecule has 1 heterocycles. The van der Waals surface area contributed by atoms with E-state index in [0.717, 1.165) is 12.3 Å². The van der Waals surface area contributed by atoms with Crippen molar-refractivity contribution in [3.63, 3.8) is 0 Å². The van der Waals surface area contributed by atoms with Crippen molar-refractivity contribution >= 4 is 23.3 Å². The minimum atomic E-state index is -1.18. The number of benzene rings is 1. The zero-order valence-corrected chi connectivity index (χ0v) is 8.73. The Bertz CT molecular complexity index is 517. The summed E-state index contributed by atoms with van der Waals surface area (Å²) in [6.07, 6.45) is 2.18. The summed E-state index contributed by atoms with van der Waals surface area (Å²) in [6.45, 7) is 0. The molecule has 0 aromatic heterocycles. The molecule has 5 heteroatoms. The third kappa shape index (κ3) is 1.87. The summed E-state index contributed by atoms with van der Waals surface area (Å²) in [7, 11) is 0. The molecule has 2 N–H and O–H groups in total. The molecule has 0 radical (unpaired) electrons. The van der Waals surface area contributed by atoms with Gasteiger partial charge in [-0.15, -0.1) is 0 Å². The van der Waals surface area contributed by atoms with Gasteiger partial charge < -0.3 is 14.9 Å². The number of carboxylic acids is 1. The molecule has 0 spiro atoms. The molecule has 0 bridgehead atoms. The van der Waals surface area contributed by atoms with E-state index in [1.807, 2.05) is 0 Å². The Morgan fingerprint density at radius 1 is 1.38 bits per heavy atom. The molecular formula is C11H7ClO4. The van der Waals surface area contributed by atoms with E-state index >= 15 is 0 Å². The molecule has 0 unspecified atom stereocenters. The van der Waals surface area contributed by atoms with Crippen molar-refractivity contribution in [1.82, 2.24) is 0 Å². The number of hydrogen-bond acceptors (Lipinski definition) is 3. The van der Waals surface area contributed by atoms with Crippen LogP contribution in [0, 0.1) is 0 Å². The molecule has 1 aliphatic heterocycles. The normalized spacial score (nSPS) is 14.1. The van der Waals surface area contributed by atoms with Crippen LogP contribution in [-0.4, -0.2) is 16.2 Å². The highest BCUT2D eigenvalue weighted by molar-refractivity contribution is 6.30.